The van der Waals surface area contributed by atoms with Crippen LogP contribution in [0.25, 0.3) is 0 Å². The van der Waals surface area contributed by atoms with E-state index in [1.54, 1.807) is 0 Å². The van der Waals surface area contributed by atoms with E-state index in [0.717, 1.165) is 22.3 Å². The molecule has 0 heterocycles. The van der Waals surface area contributed by atoms with E-state index in [1.165, 1.54) is 11.1 Å². The van der Waals surface area contributed by atoms with Crippen molar-refractivity contribution in [1.29, 1.82) is 0 Å². The van der Waals surface area contributed by atoms with Crippen LogP contribution in [0, 0.1) is 0 Å². The number of rotatable bonds is 7. The van der Waals surface area contributed by atoms with Crippen LogP contribution < -0.4 is 10.1 Å². The molecule has 2 rings (SSSR count). The summed E-state index contributed by atoms with van der Waals surface area (Å²) in [6.45, 7) is 7.11. The fourth-order valence-electron chi connectivity index (χ4n) is 2.45. The van der Waals surface area contributed by atoms with Crippen LogP contribution in [-0.2, 0) is 16.6 Å². The average Bonchev–Trinajstić information content (AvgIpc) is 2.58. The normalized spacial score (nSPS) is 11.3. The molecule has 2 aromatic carbocycles. The van der Waals surface area contributed by atoms with Gasteiger partial charge >= 0.3 is 0 Å². The predicted octanol–water partition coefficient (Wildman–Crippen LogP) is 5.53. The monoisotopic (exact) mass is 437 g/mol. The largest absolute Gasteiger partial charge is 0.483 e. The number of halogens is 2. The lowest BCUT2D eigenvalue weighted by molar-refractivity contribution is -0.123. The smallest absolute Gasteiger partial charge is 0.257 e. The molecule has 0 saturated carbocycles. The Morgan fingerprint density at radius 1 is 1.15 bits per heavy atom. The molecule has 1 amide bonds. The highest BCUT2D eigenvalue weighted by atomic mass is 79.9. The zero-order chi connectivity index (χ0) is 19.2. The molecule has 0 unspecified atom stereocenters. The van der Waals surface area contributed by atoms with E-state index in [0.29, 0.717) is 12.3 Å². The highest BCUT2D eigenvalue weighted by molar-refractivity contribution is 9.10. The Hall–Kier alpha value is -1.52. The van der Waals surface area contributed by atoms with Crippen LogP contribution >= 0.6 is 27.5 Å². The van der Waals surface area contributed by atoms with E-state index in [-0.39, 0.29) is 17.9 Å². The summed E-state index contributed by atoms with van der Waals surface area (Å²) in [5.41, 5.74) is 2.49. The topological polar surface area (TPSA) is 38.3 Å². The molecule has 5 heteroatoms. The first kappa shape index (κ1) is 20.8. The Balaban J connectivity index is 1.72. The lowest BCUT2D eigenvalue weighted by Gasteiger charge is -2.20. The number of carbonyl (C=O) groups excluding carboxylic acids is 1. The summed E-state index contributed by atoms with van der Waals surface area (Å²) in [4.78, 5) is 11.9. The number of hydrogen-bond acceptors (Lipinski definition) is 2. The summed E-state index contributed by atoms with van der Waals surface area (Å²) in [6.07, 6.45) is 1.77. The molecule has 0 fully saturated rings. The summed E-state index contributed by atoms with van der Waals surface area (Å²) >= 11 is 9.39. The van der Waals surface area contributed by atoms with E-state index < -0.39 is 0 Å². The number of nitrogens with one attached hydrogen (secondary N) is 1. The van der Waals surface area contributed by atoms with Gasteiger partial charge in [0.2, 0.25) is 0 Å². The van der Waals surface area contributed by atoms with Crippen LogP contribution in [0.15, 0.2) is 46.9 Å². The highest BCUT2D eigenvalue weighted by Gasteiger charge is 2.15. The van der Waals surface area contributed by atoms with E-state index in [1.807, 2.05) is 42.5 Å². The Labute approximate surface area is 169 Å². The minimum Gasteiger partial charge on any atom is -0.483 e. The number of benzene rings is 2. The van der Waals surface area contributed by atoms with Gasteiger partial charge in [-0.3, -0.25) is 4.79 Å². The third-order valence-corrected chi connectivity index (χ3v) is 4.91. The maximum atomic E-state index is 11.9. The predicted molar refractivity (Wildman–Crippen MR) is 111 cm³/mol. The molecule has 0 aliphatic rings. The van der Waals surface area contributed by atoms with Crippen LogP contribution in [0.3, 0.4) is 0 Å². The van der Waals surface area contributed by atoms with Gasteiger partial charge in [0.05, 0.1) is 4.47 Å². The van der Waals surface area contributed by atoms with E-state index >= 15 is 0 Å². The van der Waals surface area contributed by atoms with Crippen LogP contribution in [0.2, 0.25) is 5.02 Å². The molecule has 1 N–H and O–H groups in total. The summed E-state index contributed by atoms with van der Waals surface area (Å²) < 4.78 is 6.48. The van der Waals surface area contributed by atoms with Crippen molar-refractivity contribution in [3.05, 3.63) is 63.1 Å². The van der Waals surface area contributed by atoms with Gasteiger partial charge in [0.25, 0.3) is 5.91 Å². The molecule has 0 spiro atoms. The van der Waals surface area contributed by atoms with Crippen molar-refractivity contribution < 1.29 is 9.53 Å². The van der Waals surface area contributed by atoms with Crippen LogP contribution in [-0.4, -0.2) is 19.1 Å². The number of hydrogen-bond donors (Lipinski definition) is 1. The molecule has 0 aliphatic carbocycles. The minimum absolute atomic E-state index is 0.00834. The molecule has 0 aromatic heterocycles. The van der Waals surface area contributed by atoms with Gasteiger partial charge in [0.1, 0.15) is 5.75 Å². The van der Waals surface area contributed by atoms with Crippen molar-refractivity contribution in [2.24, 2.45) is 0 Å². The Morgan fingerprint density at radius 3 is 2.46 bits per heavy atom. The molecule has 0 atom stereocenters. The second-order valence-corrected chi connectivity index (χ2v) is 8.55. The minimum atomic E-state index is -0.118. The summed E-state index contributed by atoms with van der Waals surface area (Å²) in [5, 5.41) is 3.62. The van der Waals surface area contributed by atoms with Crippen LogP contribution in [0.4, 0.5) is 0 Å². The summed E-state index contributed by atoms with van der Waals surface area (Å²) in [7, 11) is 0. The summed E-state index contributed by atoms with van der Waals surface area (Å²) in [6, 6.07) is 13.7. The van der Waals surface area contributed by atoms with Gasteiger partial charge in [0, 0.05) is 11.6 Å². The van der Waals surface area contributed by atoms with Crippen molar-refractivity contribution >= 4 is 33.4 Å². The first-order valence-corrected chi connectivity index (χ1v) is 9.87. The summed E-state index contributed by atoms with van der Waals surface area (Å²) in [5.74, 6) is 0.558. The Morgan fingerprint density at radius 2 is 1.85 bits per heavy atom. The first-order valence-electron chi connectivity index (χ1n) is 8.69. The molecule has 0 radical (unpaired) electrons. The Bertz CT molecular complexity index is 739. The fraction of sp³-hybridized carbons (Fsp3) is 0.381. The maximum absolute atomic E-state index is 11.9. The van der Waals surface area contributed by atoms with Crippen molar-refractivity contribution in [2.45, 2.75) is 39.0 Å². The highest BCUT2D eigenvalue weighted by Crippen LogP contribution is 2.31. The van der Waals surface area contributed by atoms with Gasteiger partial charge in [0.15, 0.2) is 6.61 Å². The third kappa shape index (κ3) is 6.65. The lowest BCUT2D eigenvalue weighted by Crippen LogP contribution is -2.30. The van der Waals surface area contributed by atoms with Gasteiger partial charge in [-0.2, -0.15) is 0 Å². The molecule has 0 saturated heterocycles. The molecule has 2 aromatic rings. The zero-order valence-corrected chi connectivity index (χ0v) is 17.8. The number of amides is 1. The van der Waals surface area contributed by atoms with Gasteiger partial charge in [-0.1, -0.05) is 50.6 Å². The SMILES string of the molecule is CC(C)(C)c1ccc(OCC(=O)NCCCc2ccc(Cl)cc2)c(Br)c1. The van der Waals surface area contributed by atoms with Crippen molar-refractivity contribution in [3.8, 4) is 5.75 Å². The zero-order valence-electron chi connectivity index (χ0n) is 15.4. The number of ether oxygens (including phenoxy) is 1. The van der Waals surface area contributed by atoms with E-state index in [9.17, 15) is 4.79 Å². The van der Waals surface area contributed by atoms with Crippen molar-refractivity contribution in [3.63, 3.8) is 0 Å². The van der Waals surface area contributed by atoms with Crippen LogP contribution in [0.5, 0.6) is 5.75 Å². The van der Waals surface area contributed by atoms with Gasteiger partial charge in [-0.05, 0) is 69.6 Å². The fourth-order valence-corrected chi connectivity index (χ4v) is 3.07. The average molecular weight is 439 g/mol. The molecular weight excluding hydrogens is 414 g/mol. The quantitative estimate of drug-likeness (QED) is 0.577. The molecule has 0 aliphatic heterocycles. The van der Waals surface area contributed by atoms with Crippen molar-refractivity contribution in [1.82, 2.24) is 5.32 Å². The number of carbonyl (C=O) groups is 1. The second-order valence-electron chi connectivity index (χ2n) is 7.26. The van der Waals surface area contributed by atoms with E-state index in [2.05, 4.69) is 42.0 Å². The third-order valence-electron chi connectivity index (χ3n) is 4.03. The Kier molecular flexibility index (Phi) is 7.54. The molecule has 0 bridgehead atoms. The molecular formula is C21H25BrClNO2. The van der Waals surface area contributed by atoms with E-state index in [4.69, 9.17) is 16.3 Å². The van der Waals surface area contributed by atoms with Gasteiger partial charge < -0.3 is 10.1 Å². The van der Waals surface area contributed by atoms with Crippen LogP contribution in [0.1, 0.15) is 38.3 Å². The molecule has 140 valence electrons. The molecule has 26 heavy (non-hydrogen) atoms. The maximum Gasteiger partial charge on any atom is 0.257 e. The molecule has 3 nitrogen and oxygen atoms in total. The second kappa shape index (κ2) is 9.43. The van der Waals surface area contributed by atoms with Crippen molar-refractivity contribution in [2.75, 3.05) is 13.2 Å². The van der Waals surface area contributed by atoms with Gasteiger partial charge in [-0.15, -0.1) is 0 Å². The lowest BCUT2D eigenvalue weighted by atomic mass is 9.87. The standard InChI is InChI=1S/C21H25BrClNO2/c1-21(2,3)16-8-11-19(18(22)13-16)26-14-20(25)24-12-4-5-15-6-9-17(23)10-7-15/h6-11,13H,4-5,12,14H2,1-3H3,(H,24,25). The first-order chi connectivity index (χ1) is 12.3. The van der Waals surface area contributed by atoms with Gasteiger partial charge in [-0.25, -0.2) is 0 Å². The number of aryl methyl sites for hydroxylation is 1.